The molecular formula is C23H28O8S. The Morgan fingerprint density at radius 1 is 1.12 bits per heavy atom. The van der Waals surface area contributed by atoms with Crippen LogP contribution in [0.15, 0.2) is 54.6 Å². The van der Waals surface area contributed by atoms with E-state index in [1.807, 2.05) is 19.1 Å². The first-order valence-corrected chi connectivity index (χ1v) is 11.8. The van der Waals surface area contributed by atoms with E-state index in [0.717, 1.165) is 23.5 Å². The van der Waals surface area contributed by atoms with Gasteiger partial charge in [-0.3, -0.25) is 0 Å². The lowest BCUT2D eigenvalue weighted by Crippen LogP contribution is -2.07. The zero-order valence-electron chi connectivity index (χ0n) is 18.3. The summed E-state index contributed by atoms with van der Waals surface area (Å²) in [7, 11) is -2.00. The Kier molecular flexibility index (Phi) is 9.55. The van der Waals surface area contributed by atoms with Gasteiger partial charge < -0.3 is 23.5 Å². The first-order valence-electron chi connectivity index (χ1n) is 10.0. The molecule has 0 aliphatic rings. The highest BCUT2D eigenvalue weighted by Gasteiger charge is 2.14. The van der Waals surface area contributed by atoms with Crippen LogP contribution in [-0.4, -0.2) is 46.1 Å². The smallest absolute Gasteiger partial charge is 0.327 e. The predicted molar refractivity (Wildman–Crippen MR) is 120 cm³/mol. The largest absolute Gasteiger partial charge is 0.493 e. The van der Waals surface area contributed by atoms with Crippen LogP contribution in [0.4, 0.5) is 0 Å². The minimum atomic E-state index is -3.55. The summed E-state index contributed by atoms with van der Waals surface area (Å²) >= 11 is 0. The van der Waals surface area contributed by atoms with Gasteiger partial charge in [0.05, 0.1) is 26.1 Å². The number of hydrogen-bond acceptors (Lipinski definition) is 7. The van der Waals surface area contributed by atoms with Crippen molar-refractivity contribution >= 4 is 16.1 Å². The van der Waals surface area contributed by atoms with Crippen molar-refractivity contribution in [2.75, 3.05) is 26.6 Å². The Morgan fingerprint density at radius 3 is 2.44 bits per heavy atom. The summed E-state index contributed by atoms with van der Waals surface area (Å²) < 4.78 is 44.2. The van der Waals surface area contributed by atoms with Crippen LogP contribution in [0.25, 0.3) is 0 Å². The van der Waals surface area contributed by atoms with Crippen molar-refractivity contribution in [3.63, 3.8) is 0 Å². The second-order valence-corrected chi connectivity index (χ2v) is 8.44. The molecule has 2 rings (SSSR count). The van der Waals surface area contributed by atoms with Crippen LogP contribution in [0.5, 0.6) is 17.2 Å². The lowest BCUT2D eigenvalue weighted by molar-refractivity contribution is -0.131. The van der Waals surface area contributed by atoms with Gasteiger partial charge in [-0.25, -0.2) is 4.79 Å². The highest BCUT2D eigenvalue weighted by Crippen LogP contribution is 2.33. The van der Waals surface area contributed by atoms with Crippen LogP contribution in [-0.2, 0) is 26.1 Å². The van der Waals surface area contributed by atoms with Gasteiger partial charge in [0.2, 0.25) is 0 Å². The lowest BCUT2D eigenvalue weighted by Gasteiger charge is -2.18. The Bertz CT molecular complexity index is 1010. The molecule has 1 N–H and O–H groups in total. The van der Waals surface area contributed by atoms with Crippen LogP contribution in [0, 0.1) is 0 Å². The van der Waals surface area contributed by atoms with E-state index < -0.39 is 16.1 Å². The van der Waals surface area contributed by atoms with Gasteiger partial charge in [-0.15, -0.1) is 0 Å². The van der Waals surface area contributed by atoms with Crippen molar-refractivity contribution < 1.29 is 36.7 Å². The molecular weight excluding hydrogens is 436 g/mol. The SMILES string of the molecule is CCOC(CC=CC(=O)O)c1ccc(OCCc2ccc(OS(C)(=O)=O)cc2)c(OC)c1. The van der Waals surface area contributed by atoms with E-state index in [9.17, 15) is 13.2 Å². The summed E-state index contributed by atoms with van der Waals surface area (Å²) in [4.78, 5) is 10.7. The monoisotopic (exact) mass is 464 g/mol. The van der Waals surface area contributed by atoms with Crippen LogP contribution in [0.3, 0.4) is 0 Å². The molecule has 1 atom stereocenters. The number of carboxylic acids is 1. The fraction of sp³-hybridized carbons (Fsp3) is 0.348. The molecule has 174 valence electrons. The topological polar surface area (TPSA) is 108 Å². The van der Waals surface area contributed by atoms with Gasteiger partial charge in [0.15, 0.2) is 11.5 Å². The summed E-state index contributed by atoms with van der Waals surface area (Å²) in [6, 6.07) is 12.2. The maximum Gasteiger partial charge on any atom is 0.327 e. The minimum Gasteiger partial charge on any atom is -0.493 e. The molecule has 0 spiro atoms. The average Bonchev–Trinajstić information content (AvgIpc) is 2.73. The summed E-state index contributed by atoms with van der Waals surface area (Å²) in [6.07, 6.45) is 4.38. The van der Waals surface area contributed by atoms with E-state index in [-0.39, 0.29) is 11.9 Å². The number of carboxylic acid groups (broad SMARTS) is 1. The van der Waals surface area contributed by atoms with Gasteiger partial charge in [0.1, 0.15) is 5.75 Å². The van der Waals surface area contributed by atoms with Crippen LogP contribution < -0.4 is 13.7 Å². The van der Waals surface area contributed by atoms with Crippen molar-refractivity contribution in [1.29, 1.82) is 0 Å². The van der Waals surface area contributed by atoms with E-state index in [2.05, 4.69) is 0 Å². The van der Waals surface area contributed by atoms with E-state index in [0.29, 0.717) is 37.6 Å². The van der Waals surface area contributed by atoms with Gasteiger partial charge in [-0.05, 0) is 48.7 Å². The molecule has 2 aromatic rings. The Hall–Kier alpha value is -3.04. The molecule has 0 heterocycles. The molecule has 0 saturated heterocycles. The molecule has 32 heavy (non-hydrogen) atoms. The van der Waals surface area contributed by atoms with Crippen LogP contribution in [0.2, 0.25) is 0 Å². The number of ether oxygens (including phenoxy) is 3. The number of benzene rings is 2. The summed E-state index contributed by atoms with van der Waals surface area (Å²) in [6.45, 7) is 2.75. The standard InChI is InChI=1S/C23H28O8S/c1-4-29-20(6-5-7-23(24)25)18-10-13-21(22(16-18)28-2)30-15-14-17-8-11-19(12-9-17)31-32(3,26)27/h5,7-13,16,20H,4,6,14-15H2,1-3H3,(H,24,25). The minimum absolute atomic E-state index is 0.261. The number of rotatable bonds is 13. The molecule has 9 heteroatoms. The van der Waals surface area contributed by atoms with Crippen molar-refractivity contribution in [3.05, 3.63) is 65.7 Å². The fourth-order valence-electron chi connectivity index (χ4n) is 2.96. The molecule has 1 unspecified atom stereocenters. The number of aliphatic carboxylic acids is 1. The molecule has 0 aliphatic carbocycles. The molecule has 0 aliphatic heterocycles. The summed E-state index contributed by atoms with van der Waals surface area (Å²) in [5, 5.41) is 8.77. The van der Waals surface area contributed by atoms with Crippen molar-refractivity contribution in [1.82, 2.24) is 0 Å². The van der Waals surface area contributed by atoms with Crippen molar-refractivity contribution in [2.45, 2.75) is 25.9 Å². The van der Waals surface area contributed by atoms with Crippen LogP contribution in [0.1, 0.15) is 30.6 Å². The third kappa shape index (κ3) is 8.60. The molecule has 0 fully saturated rings. The third-order valence-electron chi connectivity index (χ3n) is 4.36. The van der Waals surface area contributed by atoms with Gasteiger partial charge in [-0.1, -0.05) is 24.3 Å². The highest BCUT2D eigenvalue weighted by molar-refractivity contribution is 7.86. The third-order valence-corrected chi connectivity index (χ3v) is 4.85. The molecule has 0 bridgehead atoms. The Balaban J connectivity index is 2.00. The fourth-order valence-corrected chi connectivity index (χ4v) is 3.42. The molecule has 0 amide bonds. The molecule has 0 aromatic heterocycles. The first-order chi connectivity index (χ1) is 15.2. The van der Waals surface area contributed by atoms with E-state index >= 15 is 0 Å². The maximum absolute atomic E-state index is 11.2. The number of methoxy groups -OCH3 is 1. The molecule has 2 aromatic carbocycles. The normalized spacial score (nSPS) is 12.5. The highest BCUT2D eigenvalue weighted by atomic mass is 32.2. The van der Waals surface area contributed by atoms with E-state index in [1.165, 1.54) is 0 Å². The van der Waals surface area contributed by atoms with Crippen molar-refractivity contribution in [2.24, 2.45) is 0 Å². The summed E-state index contributed by atoms with van der Waals surface area (Å²) in [5.41, 5.74) is 1.82. The molecule has 0 saturated carbocycles. The maximum atomic E-state index is 11.2. The van der Waals surface area contributed by atoms with E-state index in [1.54, 1.807) is 43.5 Å². The molecule has 0 radical (unpaired) electrons. The lowest BCUT2D eigenvalue weighted by atomic mass is 10.1. The summed E-state index contributed by atoms with van der Waals surface area (Å²) in [5.74, 6) is 0.381. The predicted octanol–water partition coefficient (Wildman–Crippen LogP) is 3.76. The van der Waals surface area contributed by atoms with Gasteiger partial charge in [0, 0.05) is 19.1 Å². The second-order valence-electron chi connectivity index (χ2n) is 6.86. The Labute approximate surface area is 188 Å². The number of hydrogen-bond donors (Lipinski definition) is 1. The zero-order chi connectivity index (χ0) is 23.6. The number of carbonyl (C=O) groups is 1. The van der Waals surface area contributed by atoms with Crippen molar-refractivity contribution in [3.8, 4) is 17.2 Å². The molecule has 8 nitrogen and oxygen atoms in total. The van der Waals surface area contributed by atoms with Gasteiger partial charge in [0.25, 0.3) is 0 Å². The average molecular weight is 465 g/mol. The zero-order valence-corrected chi connectivity index (χ0v) is 19.1. The first kappa shape index (κ1) is 25.2. The van der Waals surface area contributed by atoms with Crippen LogP contribution >= 0.6 is 0 Å². The van der Waals surface area contributed by atoms with E-state index in [4.69, 9.17) is 23.5 Å². The van der Waals surface area contributed by atoms with Gasteiger partial charge >= 0.3 is 16.1 Å². The Morgan fingerprint density at radius 2 is 1.84 bits per heavy atom. The quantitative estimate of drug-likeness (QED) is 0.353. The van der Waals surface area contributed by atoms with Gasteiger partial charge in [-0.2, -0.15) is 8.42 Å². The second kappa shape index (κ2) is 12.1.